The van der Waals surface area contributed by atoms with Gasteiger partial charge in [-0.05, 0) is 71.0 Å². The summed E-state index contributed by atoms with van der Waals surface area (Å²) in [5.74, 6) is 0.955. The van der Waals surface area contributed by atoms with Crippen molar-refractivity contribution in [2.75, 3.05) is 30.9 Å². The Labute approximate surface area is 204 Å². The van der Waals surface area contributed by atoms with Crippen molar-refractivity contribution in [2.24, 2.45) is 5.92 Å². The zero-order valence-corrected chi connectivity index (χ0v) is 21.8. The van der Waals surface area contributed by atoms with Crippen molar-refractivity contribution < 1.29 is 22.5 Å². The molecule has 34 heavy (non-hydrogen) atoms. The fourth-order valence-electron chi connectivity index (χ4n) is 4.83. The molecule has 10 heteroatoms. The highest BCUT2D eigenvalue weighted by Crippen LogP contribution is 2.40. The average Bonchev–Trinajstić information content (AvgIpc) is 3.00. The highest BCUT2D eigenvalue weighted by Gasteiger charge is 2.52. The second-order valence-corrected chi connectivity index (χ2v) is 12.6. The molecule has 1 unspecified atom stereocenters. The van der Waals surface area contributed by atoms with Gasteiger partial charge in [0.05, 0.1) is 30.2 Å². The van der Waals surface area contributed by atoms with Crippen molar-refractivity contribution in [1.29, 1.82) is 0 Å². The maximum Gasteiger partial charge on any atom is 0.490 e. The van der Waals surface area contributed by atoms with Gasteiger partial charge in [0, 0.05) is 31.2 Å². The third kappa shape index (κ3) is 6.02. The van der Waals surface area contributed by atoms with E-state index in [4.69, 9.17) is 14.0 Å². The quantitative estimate of drug-likeness (QED) is 0.587. The first-order valence-corrected chi connectivity index (χ1v) is 14.1. The Hall–Kier alpha value is -1.46. The number of ether oxygens (including phenoxy) is 1. The Morgan fingerprint density at radius 2 is 1.94 bits per heavy atom. The third-order valence-corrected chi connectivity index (χ3v) is 8.30. The second kappa shape index (κ2) is 9.89. The lowest BCUT2D eigenvalue weighted by molar-refractivity contribution is 0.00578. The first-order chi connectivity index (χ1) is 15.9. The molecule has 3 aliphatic rings. The summed E-state index contributed by atoms with van der Waals surface area (Å²) in [7, 11) is -3.59. The molecule has 1 aromatic rings. The van der Waals surface area contributed by atoms with Gasteiger partial charge in [0.2, 0.25) is 10.0 Å². The fraction of sp³-hybridized carbons (Fsp3) is 0.708. The van der Waals surface area contributed by atoms with E-state index in [1.165, 1.54) is 11.7 Å². The average molecular weight is 491 g/mol. The van der Waals surface area contributed by atoms with Crippen molar-refractivity contribution >= 4 is 23.0 Å². The van der Waals surface area contributed by atoms with Crippen LogP contribution in [0.4, 0.5) is 5.82 Å². The fourth-order valence-corrected chi connectivity index (χ4v) is 5.69. The predicted molar refractivity (Wildman–Crippen MR) is 134 cm³/mol. The number of allylic oxidation sites excluding steroid dienone is 1. The number of anilines is 1. The van der Waals surface area contributed by atoms with Gasteiger partial charge in [-0.3, -0.25) is 0 Å². The van der Waals surface area contributed by atoms with Crippen molar-refractivity contribution in [3.05, 3.63) is 35.9 Å². The summed E-state index contributed by atoms with van der Waals surface area (Å²) in [6.45, 7) is 10.2. The van der Waals surface area contributed by atoms with Crippen LogP contribution in [-0.2, 0) is 24.1 Å². The minimum Gasteiger partial charge on any atom is -0.400 e. The summed E-state index contributed by atoms with van der Waals surface area (Å²) in [4.78, 5) is 6.68. The van der Waals surface area contributed by atoms with E-state index in [0.717, 1.165) is 31.6 Å². The van der Waals surface area contributed by atoms with Crippen LogP contribution in [0.2, 0.25) is 0 Å². The molecule has 188 valence electrons. The molecule has 1 N–H and O–H groups in total. The second-order valence-electron chi connectivity index (χ2n) is 10.8. The van der Waals surface area contributed by atoms with Gasteiger partial charge in [-0.15, -0.1) is 0 Å². The number of piperidine rings is 1. The van der Waals surface area contributed by atoms with Crippen molar-refractivity contribution in [3.63, 3.8) is 0 Å². The molecular weight excluding hydrogens is 453 g/mol. The minimum absolute atomic E-state index is 0.0407. The molecule has 3 atom stereocenters. The smallest absolute Gasteiger partial charge is 0.400 e. The van der Waals surface area contributed by atoms with Crippen LogP contribution in [0.5, 0.6) is 0 Å². The van der Waals surface area contributed by atoms with E-state index in [0.29, 0.717) is 19.6 Å². The highest BCUT2D eigenvalue weighted by molar-refractivity contribution is 7.88. The first-order valence-electron chi connectivity index (χ1n) is 12.2. The van der Waals surface area contributed by atoms with Crippen molar-refractivity contribution in [3.8, 4) is 0 Å². The molecular formula is C24H38BN3O5S. The number of sulfonamides is 1. The van der Waals surface area contributed by atoms with Crippen molar-refractivity contribution in [2.45, 2.75) is 76.7 Å². The molecule has 0 bridgehead atoms. The Kier molecular flexibility index (Phi) is 7.46. The molecule has 1 aliphatic carbocycles. The number of hydrogen-bond donors (Lipinski definition) is 1. The van der Waals surface area contributed by atoms with Gasteiger partial charge in [-0.2, -0.15) is 0 Å². The predicted octanol–water partition coefficient (Wildman–Crippen LogP) is 2.95. The summed E-state index contributed by atoms with van der Waals surface area (Å²) in [6.07, 6.45) is 8.61. The number of rotatable bonds is 7. The molecule has 2 saturated heterocycles. The lowest BCUT2D eigenvalue weighted by atomic mass is 9.72. The zero-order chi connectivity index (χ0) is 24.6. The molecule has 3 heterocycles. The van der Waals surface area contributed by atoms with Gasteiger partial charge in [0.25, 0.3) is 0 Å². The molecule has 0 amide bonds. The minimum atomic E-state index is -3.29. The van der Waals surface area contributed by atoms with Gasteiger partial charge in [0.15, 0.2) is 0 Å². The summed E-state index contributed by atoms with van der Waals surface area (Å²) < 4.78 is 45.5. The molecule has 0 aromatic carbocycles. The summed E-state index contributed by atoms with van der Waals surface area (Å²) >= 11 is 0. The van der Waals surface area contributed by atoms with Crippen molar-refractivity contribution in [1.82, 2.24) is 9.71 Å². The highest BCUT2D eigenvalue weighted by atomic mass is 32.2. The van der Waals surface area contributed by atoms with Gasteiger partial charge in [-0.25, -0.2) is 18.1 Å². The molecule has 1 aromatic heterocycles. The molecule has 0 saturated carbocycles. The molecule has 4 rings (SSSR count). The monoisotopic (exact) mass is 491 g/mol. The summed E-state index contributed by atoms with van der Waals surface area (Å²) in [5.41, 5.74) is 0.510. The van der Waals surface area contributed by atoms with Crippen LogP contribution in [0.15, 0.2) is 35.9 Å². The number of nitrogens with zero attached hydrogens (tertiary/aromatic N) is 2. The normalized spacial score (nSPS) is 29.2. The van der Waals surface area contributed by atoms with Gasteiger partial charge in [-0.1, -0.05) is 12.1 Å². The van der Waals surface area contributed by atoms with Crippen LogP contribution in [-0.4, -0.2) is 69.8 Å². The first kappa shape index (κ1) is 25.6. The molecule has 2 fully saturated rings. The Bertz CT molecular complexity index is 970. The number of pyridine rings is 1. The Morgan fingerprint density at radius 1 is 1.21 bits per heavy atom. The summed E-state index contributed by atoms with van der Waals surface area (Å²) in [5, 5.41) is 0. The largest absolute Gasteiger partial charge is 0.490 e. The Morgan fingerprint density at radius 3 is 2.53 bits per heavy atom. The molecule has 0 radical (unpaired) electrons. The van der Waals surface area contributed by atoms with E-state index >= 15 is 0 Å². The topological polar surface area (TPSA) is 90.0 Å². The van der Waals surface area contributed by atoms with E-state index in [9.17, 15) is 8.42 Å². The van der Waals surface area contributed by atoms with Crippen LogP contribution in [0.3, 0.4) is 0 Å². The maximum absolute atomic E-state index is 11.9. The number of nitrogens with one attached hydrogen (secondary N) is 1. The van der Waals surface area contributed by atoms with Gasteiger partial charge in [0.1, 0.15) is 5.82 Å². The lowest BCUT2D eigenvalue weighted by Crippen LogP contribution is -2.52. The lowest BCUT2D eigenvalue weighted by Gasteiger charge is -2.39. The summed E-state index contributed by atoms with van der Waals surface area (Å²) in [6, 6.07) is 5.72. The number of hydrogen-bond acceptors (Lipinski definition) is 7. The Balaban J connectivity index is 1.35. The molecule has 2 aliphatic heterocycles. The molecule has 8 nitrogen and oxygen atoms in total. The van der Waals surface area contributed by atoms with Crippen LogP contribution in [0.1, 0.15) is 53.4 Å². The van der Waals surface area contributed by atoms with Gasteiger partial charge < -0.3 is 18.9 Å². The standard InChI is InChI=1S/C24H38BN3O5S/c1-23(2)24(3,4)33-25(32-23)19-9-11-20(12-10-19)31-17-18-16-28(22-8-6-7-14-26-22)15-13-21(18)27-34(5,29)30/h6-9,14,18,20-21,27H,10-13,15-17H2,1-5H3/t18-,20?,21-/m0/s1. The van der Waals surface area contributed by atoms with E-state index in [2.05, 4.69) is 48.4 Å². The maximum atomic E-state index is 11.9. The third-order valence-electron chi connectivity index (χ3n) is 7.57. The van der Waals surface area contributed by atoms with E-state index in [1.807, 2.05) is 18.2 Å². The van der Waals surface area contributed by atoms with Crippen LogP contribution in [0, 0.1) is 5.92 Å². The van der Waals surface area contributed by atoms with Crippen LogP contribution >= 0.6 is 0 Å². The van der Waals surface area contributed by atoms with Gasteiger partial charge >= 0.3 is 7.12 Å². The van der Waals surface area contributed by atoms with Crippen LogP contribution < -0.4 is 9.62 Å². The zero-order valence-electron chi connectivity index (χ0n) is 21.0. The van der Waals surface area contributed by atoms with E-state index in [-0.39, 0.29) is 36.4 Å². The van der Waals surface area contributed by atoms with E-state index in [1.54, 1.807) is 6.20 Å². The SMILES string of the molecule is CC1(C)OB(C2=CCC(OC[C@@H]3CN(c4ccccn4)CC[C@@H]3NS(C)(=O)=O)CC2)OC1(C)C. The van der Waals surface area contributed by atoms with Crippen LogP contribution in [0.25, 0.3) is 0 Å². The number of aromatic nitrogens is 1. The molecule has 0 spiro atoms. The van der Waals surface area contributed by atoms with E-state index < -0.39 is 10.0 Å².